The van der Waals surface area contributed by atoms with Crippen LogP contribution < -0.4 is 29.3 Å². The van der Waals surface area contributed by atoms with E-state index in [-0.39, 0.29) is 11.1 Å². The Labute approximate surface area is 213 Å². The van der Waals surface area contributed by atoms with Crippen LogP contribution in [0.2, 0.25) is 0 Å². The summed E-state index contributed by atoms with van der Waals surface area (Å²) in [7, 11) is 5.26. The molecule has 1 atom stereocenters. The Morgan fingerprint density at radius 1 is 1.08 bits per heavy atom. The predicted molar refractivity (Wildman–Crippen MR) is 141 cm³/mol. The lowest BCUT2D eigenvalue weighted by atomic mass is 9.97. The quantitative estimate of drug-likeness (QED) is 0.436. The molecule has 0 saturated carbocycles. The van der Waals surface area contributed by atoms with Crippen LogP contribution in [-0.2, 0) is 9.53 Å². The van der Waals surface area contributed by atoms with E-state index in [1.54, 1.807) is 16.7 Å². The number of hydrogen-bond acceptors (Lipinski definition) is 8. The van der Waals surface area contributed by atoms with E-state index in [0.717, 1.165) is 11.3 Å². The molecule has 3 aromatic rings. The second-order valence-electron chi connectivity index (χ2n) is 8.23. The molecule has 2 aromatic carbocycles. The number of ether oxygens (including phenoxy) is 3. The first-order valence-electron chi connectivity index (χ1n) is 11.6. The number of rotatable bonds is 8. The van der Waals surface area contributed by atoms with Crippen molar-refractivity contribution < 1.29 is 19.0 Å². The van der Waals surface area contributed by atoms with Gasteiger partial charge in [0, 0.05) is 26.0 Å². The summed E-state index contributed by atoms with van der Waals surface area (Å²) in [6, 6.07) is 12.6. The largest absolute Gasteiger partial charge is 0.490 e. The fourth-order valence-electron chi connectivity index (χ4n) is 4.01. The van der Waals surface area contributed by atoms with Crippen LogP contribution in [0.3, 0.4) is 0 Å². The number of nitrogens with zero attached hydrogens (tertiary/aromatic N) is 3. The van der Waals surface area contributed by atoms with Gasteiger partial charge in [0.05, 0.1) is 36.5 Å². The summed E-state index contributed by atoms with van der Waals surface area (Å²) in [6.45, 7) is 4.71. The van der Waals surface area contributed by atoms with Crippen LogP contribution >= 0.6 is 11.3 Å². The Hall–Kier alpha value is -3.85. The van der Waals surface area contributed by atoms with Gasteiger partial charge in [-0.15, -0.1) is 0 Å². The molecule has 1 aliphatic heterocycles. The molecular formula is C27H29N3O5S. The SMILES string of the molecule is CCOc1ccc([C@H]2C(C(=O)OC)=CN=c3s/c(=C\c4ccc(N(C)C)cc4)c(=O)n32)cc1OCC. The van der Waals surface area contributed by atoms with Crippen molar-refractivity contribution in [3.63, 3.8) is 0 Å². The van der Waals surface area contributed by atoms with Crippen LogP contribution in [0.25, 0.3) is 6.08 Å². The molecule has 0 fully saturated rings. The molecule has 8 nitrogen and oxygen atoms in total. The van der Waals surface area contributed by atoms with Crippen LogP contribution in [0, 0.1) is 0 Å². The van der Waals surface area contributed by atoms with E-state index in [4.69, 9.17) is 14.2 Å². The number of anilines is 1. The zero-order valence-corrected chi connectivity index (χ0v) is 21.8. The molecule has 0 spiro atoms. The third-order valence-corrected chi connectivity index (χ3v) is 6.71. The molecule has 0 bridgehead atoms. The van der Waals surface area contributed by atoms with E-state index in [2.05, 4.69) is 4.99 Å². The van der Waals surface area contributed by atoms with Crippen LogP contribution in [0.15, 0.2) is 64.0 Å². The standard InChI is InChI=1S/C27H29N3O5S/c1-6-34-21-13-10-18(15-22(21)35-7-2)24-20(26(32)33-5)16-28-27-30(24)25(31)23(36-27)14-17-8-11-19(12-9-17)29(3)4/h8-16,24H,6-7H2,1-5H3/b23-14-/t24-/m0/s1. The Morgan fingerprint density at radius 3 is 2.42 bits per heavy atom. The number of hydrogen-bond donors (Lipinski definition) is 0. The molecule has 0 radical (unpaired) electrons. The van der Waals surface area contributed by atoms with Gasteiger partial charge in [0.1, 0.15) is 0 Å². The van der Waals surface area contributed by atoms with Crippen molar-refractivity contribution in [2.75, 3.05) is 39.3 Å². The summed E-state index contributed by atoms with van der Waals surface area (Å²) in [5, 5.41) is 0. The number of carbonyl (C=O) groups excluding carboxylic acids is 1. The predicted octanol–water partition coefficient (Wildman–Crippen LogP) is 2.88. The average Bonchev–Trinajstić information content (AvgIpc) is 3.19. The number of carbonyl (C=O) groups is 1. The van der Waals surface area contributed by atoms with E-state index < -0.39 is 12.0 Å². The van der Waals surface area contributed by atoms with Crippen LogP contribution in [-0.4, -0.2) is 45.0 Å². The van der Waals surface area contributed by atoms with Gasteiger partial charge in [-0.3, -0.25) is 9.36 Å². The molecule has 0 aliphatic carbocycles. The van der Waals surface area contributed by atoms with E-state index in [0.29, 0.717) is 39.6 Å². The van der Waals surface area contributed by atoms with Gasteiger partial charge in [0.15, 0.2) is 16.3 Å². The van der Waals surface area contributed by atoms with Crippen molar-refractivity contribution in [1.29, 1.82) is 0 Å². The second-order valence-corrected chi connectivity index (χ2v) is 9.24. The number of fused-ring (bicyclic) bond motifs is 1. The molecule has 188 valence electrons. The highest BCUT2D eigenvalue weighted by Gasteiger charge is 2.31. The van der Waals surface area contributed by atoms with Crippen LogP contribution in [0.4, 0.5) is 5.69 Å². The van der Waals surface area contributed by atoms with Gasteiger partial charge in [-0.05, 0) is 55.3 Å². The lowest BCUT2D eigenvalue weighted by Gasteiger charge is -2.23. The van der Waals surface area contributed by atoms with Gasteiger partial charge >= 0.3 is 5.97 Å². The fourth-order valence-corrected chi connectivity index (χ4v) is 4.98. The maximum absolute atomic E-state index is 13.7. The van der Waals surface area contributed by atoms with Gasteiger partial charge in [-0.1, -0.05) is 29.5 Å². The maximum Gasteiger partial charge on any atom is 0.337 e. The molecule has 9 heteroatoms. The lowest BCUT2D eigenvalue weighted by Crippen LogP contribution is -2.39. The molecule has 2 heterocycles. The minimum absolute atomic E-state index is 0.234. The fraction of sp³-hybridized carbons (Fsp3) is 0.296. The smallest absolute Gasteiger partial charge is 0.337 e. The highest BCUT2D eigenvalue weighted by atomic mass is 32.1. The highest BCUT2D eigenvalue weighted by molar-refractivity contribution is 7.07. The van der Waals surface area contributed by atoms with E-state index >= 15 is 0 Å². The number of esters is 1. The lowest BCUT2D eigenvalue weighted by molar-refractivity contribution is -0.136. The first-order chi connectivity index (χ1) is 17.4. The zero-order valence-electron chi connectivity index (χ0n) is 21.0. The monoisotopic (exact) mass is 507 g/mol. The summed E-state index contributed by atoms with van der Waals surface area (Å²) in [5.74, 6) is 0.589. The van der Waals surface area contributed by atoms with Crippen LogP contribution in [0.1, 0.15) is 31.0 Å². The number of thiazole rings is 1. The molecule has 4 rings (SSSR count). The van der Waals surface area contributed by atoms with Gasteiger partial charge in [-0.2, -0.15) is 0 Å². The molecule has 0 amide bonds. The molecule has 0 N–H and O–H groups in total. The third-order valence-electron chi connectivity index (χ3n) is 5.72. The first-order valence-corrected chi connectivity index (χ1v) is 12.5. The maximum atomic E-state index is 13.7. The van der Waals surface area contributed by atoms with Crippen molar-refractivity contribution in [2.45, 2.75) is 19.9 Å². The highest BCUT2D eigenvalue weighted by Crippen LogP contribution is 2.35. The molecule has 0 saturated heterocycles. The van der Waals surface area contributed by atoms with Gasteiger partial charge in [-0.25, -0.2) is 9.79 Å². The summed E-state index contributed by atoms with van der Waals surface area (Å²) < 4.78 is 18.6. The molecule has 1 aromatic heterocycles. The summed E-state index contributed by atoms with van der Waals surface area (Å²) in [6.07, 6.45) is 3.32. The Kier molecular flexibility index (Phi) is 7.59. The van der Waals surface area contributed by atoms with E-state index in [1.807, 2.05) is 69.3 Å². The third kappa shape index (κ3) is 4.92. The van der Waals surface area contributed by atoms with Crippen molar-refractivity contribution in [3.8, 4) is 11.5 Å². The van der Waals surface area contributed by atoms with Gasteiger partial charge in [0.25, 0.3) is 5.56 Å². The van der Waals surface area contributed by atoms with E-state index in [1.165, 1.54) is 24.6 Å². The minimum atomic E-state index is -0.721. The average molecular weight is 508 g/mol. The zero-order chi connectivity index (χ0) is 25.8. The number of methoxy groups -OCH3 is 1. The summed E-state index contributed by atoms with van der Waals surface area (Å²) in [4.78, 5) is 33.3. The van der Waals surface area contributed by atoms with Crippen molar-refractivity contribution in [2.24, 2.45) is 4.99 Å². The minimum Gasteiger partial charge on any atom is -0.490 e. The van der Waals surface area contributed by atoms with E-state index in [9.17, 15) is 9.59 Å². The summed E-state index contributed by atoms with van der Waals surface area (Å²) >= 11 is 1.28. The first kappa shape index (κ1) is 25.2. The van der Waals surface area contributed by atoms with Crippen molar-refractivity contribution in [3.05, 3.63) is 85.1 Å². The second kappa shape index (κ2) is 10.8. The number of benzene rings is 2. The molecule has 0 unspecified atom stereocenters. The summed E-state index contributed by atoms with van der Waals surface area (Å²) in [5.41, 5.74) is 2.68. The van der Waals surface area contributed by atoms with Gasteiger partial charge < -0.3 is 19.1 Å². The van der Waals surface area contributed by atoms with Crippen molar-refractivity contribution >= 4 is 29.1 Å². The Balaban J connectivity index is 1.86. The molecular weight excluding hydrogens is 478 g/mol. The van der Waals surface area contributed by atoms with Crippen molar-refractivity contribution in [1.82, 2.24) is 4.57 Å². The Bertz CT molecular complexity index is 1470. The Morgan fingerprint density at radius 2 is 1.78 bits per heavy atom. The number of aromatic nitrogens is 1. The van der Waals surface area contributed by atoms with Crippen LogP contribution in [0.5, 0.6) is 11.5 Å². The molecule has 1 aliphatic rings. The molecule has 36 heavy (non-hydrogen) atoms. The normalized spacial score (nSPS) is 15.0. The van der Waals surface area contributed by atoms with Gasteiger partial charge in [0.2, 0.25) is 0 Å². The topological polar surface area (TPSA) is 82.4 Å².